The van der Waals surface area contributed by atoms with Gasteiger partial charge >= 0.3 is 11.9 Å². The number of aliphatic hydroxyl groups is 1. The zero-order valence-electron chi connectivity index (χ0n) is 12.2. The summed E-state index contributed by atoms with van der Waals surface area (Å²) in [5.41, 5.74) is -0.369. The summed E-state index contributed by atoms with van der Waals surface area (Å²) in [6, 6.07) is 0. The lowest BCUT2D eigenvalue weighted by atomic mass is 9.95. The molecule has 1 rings (SSSR count). The molecule has 1 heterocycles. The van der Waals surface area contributed by atoms with E-state index in [-0.39, 0.29) is 25.6 Å². The van der Waals surface area contributed by atoms with E-state index in [9.17, 15) is 14.7 Å². The third-order valence-corrected chi connectivity index (χ3v) is 3.02. The molecule has 1 saturated heterocycles. The molecule has 1 aliphatic rings. The first kappa shape index (κ1) is 15.7. The maximum absolute atomic E-state index is 11.7. The normalized spacial score (nSPS) is 23.3. The van der Waals surface area contributed by atoms with Crippen molar-refractivity contribution < 1.29 is 24.2 Å². The molecule has 108 valence electrons. The molecule has 1 atom stereocenters. The number of rotatable bonds is 3. The lowest BCUT2D eigenvalue weighted by Gasteiger charge is -2.26. The van der Waals surface area contributed by atoms with Crippen LogP contribution in [0.4, 0.5) is 0 Å². The number of hydrogen-bond acceptors (Lipinski definition) is 5. The molecular formula is C14H22O5. The highest BCUT2D eigenvalue weighted by Crippen LogP contribution is 2.33. The van der Waals surface area contributed by atoms with Gasteiger partial charge in [0.1, 0.15) is 6.61 Å². The van der Waals surface area contributed by atoms with E-state index in [0.29, 0.717) is 5.57 Å². The van der Waals surface area contributed by atoms with Gasteiger partial charge in [-0.2, -0.15) is 0 Å². The first-order valence-electron chi connectivity index (χ1n) is 6.29. The molecule has 1 aliphatic heterocycles. The molecular weight excluding hydrogens is 248 g/mol. The summed E-state index contributed by atoms with van der Waals surface area (Å²) >= 11 is 0. The standard InChI is InChI=1S/C14H22O5/c1-9(2)10-6-14(7-15,19-11(10)16)8-18-12(17)13(3,4)5/h15H,6-8H2,1-5H3. The maximum Gasteiger partial charge on any atom is 0.334 e. The van der Waals surface area contributed by atoms with E-state index < -0.39 is 17.0 Å². The molecule has 0 radical (unpaired) electrons. The van der Waals surface area contributed by atoms with Crippen LogP contribution in [0.15, 0.2) is 11.1 Å². The molecule has 19 heavy (non-hydrogen) atoms. The van der Waals surface area contributed by atoms with Crippen molar-refractivity contribution in [3.05, 3.63) is 11.1 Å². The fraction of sp³-hybridized carbons (Fsp3) is 0.714. The number of ether oxygens (including phenoxy) is 2. The van der Waals surface area contributed by atoms with E-state index >= 15 is 0 Å². The molecule has 0 aromatic heterocycles. The van der Waals surface area contributed by atoms with Crippen LogP contribution < -0.4 is 0 Å². The van der Waals surface area contributed by atoms with Crippen molar-refractivity contribution in [1.82, 2.24) is 0 Å². The van der Waals surface area contributed by atoms with Gasteiger partial charge in [-0.3, -0.25) is 4.79 Å². The van der Waals surface area contributed by atoms with E-state index in [4.69, 9.17) is 9.47 Å². The van der Waals surface area contributed by atoms with E-state index in [2.05, 4.69) is 0 Å². The minimum absolute atomic E-state index is 0.123. The van der Waals surface area contributed by atoms with Crippen LogP contribution in [-0.2, 0) is 19.1 Å². The molecule has 0 spiro atoms. The van der Waals surface area contributed by atoms with Gasteiger partial charge in [-0.25, -0.2) is 4.79 Å². The largest absolute Gasteiger partial charge is 0.461 e. The molecule has 0 aromatic carbocycles. The topological polar surface area (TPSA) is 72.8 Å². The number of cyclic esters (lactones) is 1. The van der Waals surface area contributed by atoms with Crippen molar-refractivity contribution in [1.29, 1.82) is 0 Å². The van der Waals surface area contributed by atoms with Crippen molar-refractivity contribution >= 4 is 11.9 Å². The van der Waals surface area contributed by atoms with Crippen LogP contribution in [-0.4, -0.2) is 35.9 Å². The quantitative estimate of drug-likeness (QED) is 0.623. The van der Waals surface area contributed by atoms with Gasteiger partial charge in [0.2, 0.25) is 0 Å². The molecule has 1 N–H and O–H groups in total. The highest BCUT2D eigenvalue weighted by molar-refractivity contribution is 5.92. The van der Waals surface area contributed by atoms with Crippen LogP contribution >= 0.6 is 0 Å². The maximum atomic E-state index is 11.7. The minimum atomic E-state index is -1.13. The second-order valence-corrected chi connectivity index (χ2v) is 6.21. The fourth-order valence-corrected chi connectivity index (χ4v) is 1.70. The van der Waals surface area contributed by atoms with Gasteiger partial charge in [-0.05, 0) is 34.6 Å². The van der Waals surface area contributed by atoms with Gasteiger partial charge in [0.05, 0.1) is 12.0 Å². The first-order valence-corrected chi connectivity index (χ1v) is 6.29. The smallest absolute Gasteiger partial charge is 0.334 e. The first-order chi connectivity index (χ1) is 8.61. The molecule has 0 saturated carbocycles. The molecule has 5 heteroatoms. The third-order valence-electron chi connectivity index (χ3n) is 3.02. The van der Waals surface area contributed by atoms with Crippen LogP contribution in [0.25, 0.3) is 0 Å². The zero-order valence-corrected chi connectivity index (χ0v) is 12.2. The number of hydrogen-bond donors (Lipinski definition) is 1. The van der Waals surface area contributed by atoms with E-state index in [1.54, 1.807) is 20.8 Å². The molecule has 0 bridgehead atoms. The van der Waals surface area contributed by atoms with Gasteiger partial charge < -0.3 is 14.6 Å². The van der Waals surface area contributed by atoms with Crippen molar-refractivity contribution in [3.8, 4) is 0 Å². The van der Waals surface area contributed by atoms with Crippen LogP contribution in [0, 0.1) is 5.41 Å². The Balaban J connectivity index is 2.78. The summed E-state index contributed by atoms with van der Waals surface area (Å²) in [7, 11) is 0. The Morgan fingerprint density at radius 2 is 2.00 bits per heavy atom. The van der Waals surface area contributed by atoms with Crippen LogP contribution in [0.3, 0.4) is 0 Å². The second-order valence-electron chi connectivity index (χ2n) is 6.21. The summed E-state index contributed by atoms with van der Waals surface area (Å²) in [5.74, 6) is -0.831. The molecule has 1 fully saturated rings. The van der Waals surface area contributed by atoms with Gasteiger partial charge in [-0.15, -0.1) is 0 Å². The Morgan fingerprint density at radius 3 is 2.37 bits per heavy atom. The summed E-state index contributed by atoms with van der Waals surface area (Å²) in [5, 5.41) is 9.46. The zero-order chi connectivity index (χ0) is 14.8. The number of allylic oxidation sites excluding steroid dienone is 1. The number of carbonyl (C=O) groups excluding carboxylic acids is 2. The van der Waals surface area contributed by atoms with Gasteiger partial charge in [0, 0.05) is 12.0 Å². The van der Waals surface area contributed by atoms with Crippen molar-refractivity contribution in [2.24, 2.45) is 5.41 Å². The minimum Gasteiger partial charge on any atom is -0.461 e. The van der Waals surface area contributed by atoms with Gasteiger partial charge in [0.15, 0.2) is 5.60 Å². The number of carbonyl (C=O) groups is 2. The molecule has 1 unspecified atom stereocenters. The third kappa shape index (κ3) is 3.56. The number of aliphatic hydroxyl groups excluding tert-OH is 1. The Morgan fingerprint density at radius 1 is 1.42 bits per heavy atom. The number of esters is 2. The highest BCUT2D eigenvalue weighted by atomic mass is 16.6. The average molecular weight is 270 g/mol. The summed E-state index contributed by atoms with van der Waals surface area (Å²) in [4.78, 5) is 23.4. The average Bonchev–Trinajstić information content (AvgIpc) is 2.63. The van der Waals surface area contributed by atoms with Gasteiger partial charge in [0.25, 0.3) is 0 Å². The summed E-state index contributed by atoms with van der Waals surface area (Å²) < 4.78 is 10.4. The van der Waals surface area contributed by atoms with E-state index in [1.807, 2.05) is 13.8 Å². The van der Waals surface area contributed by atoms with Crippen LogP contribution in [0.1, 0.15) is 41.0 Å². The highest BCUT2D eigenvalue weighted by Gasteiger charge is 2.45. The molecule has 5 nitrogen and oxygen atoms in total. The fourth-order valence-electron chi connectivity index (χ4n) is 1.70. The lowest BCUT2D eigenvalue weighted by molar-refractivity contribution is -0.171. The van der Waals surface area contributed by atoms with Crippen LogP contribution in [0.2, 0.25) is 0 Å². The molecule has 0 aliphatic carbocycles. The SMILES string of the molecule is CC(C)=C1CC(CO)(COC(=O)C(C)(C)C)OC1=O. The predicted molar refractivity (Wildman–Crippen MR) is 69.3 cm³/mol. The lowest BCUT2D eigenvalue weighted by Crippen LogP contribution is -2.40. The van der Waals surface area contributed by atoms with Crippen molar-refractivity contribution in [2.45, 2.75) is 46.6 Å². The Hall–Kier alpha value is -1.36. The summed E-state index contributed by atoms with van der Waals surface area (Å²) in [6.07, 6.45) is 0.266. The summed E-state index contributed by atoms with van der Waals surface area (Å²) in [6.45, 7) is 8.35. The molecule has 0 aromatic rings. The Labute approximate surface area is 113 Å². The van der Waals surface area contributed by atoms with Crippen LogP contribution in [0.5, 0.6) is 0 Å². The van der Waals surface area contributed by atoms with E-state index in [0.717, 1.165) is 5.57 Å². The Kier molecular flexibility index (Phi) is 4.40. The van der Waals surface area contributed by atoms with Gasteiger partial charge in [-0.1, -0.05) is 5.57 Å². The van der Waals surface area contributed by atoms with E-state index in [1.165, 1.54) is 0 Å². The second kappa shape index (κ2) is 5.33. The monoisotopic (exact) mass is 270 g/mol. The predicted octanol–water partition coefficient (Wildman–Crippen LogP) is 1.59. The molecule has 0 amide bonds. The van der Waals surface area contributed by atoms with Crippen molar-refractivity contribution in [2.75, 3.05) is 13.2 Å². The van der Waals surface area contributed by atoms with Crippen molar-refractivity contribution in [3.63, 3.8) is 0 Å². The Bertz CT molecular complexity index is 412.